The van der Waals surface area contributed by atoms with Crippen LogP contribution < -0.4 is 4.90 Å². The van der Waals surface area contributed by atoms with Gasteiger partial charge in [0.05, 0.1) is 4.92 Å². The van der Waals surface area contributed by atoms with Crippen LogP contribution in [0.4, 0.5) is 11.4 Å². The Morgan fingerprint density at radius 3 is 2.60 bits per heavy atom. The van der Waals surface area contributed by atoms with Gasteiger partial charge >= 0.3 is 0 Å². The topological polar surface area (TPSA) is 76.6 Å². The van der Waals surface area contributed by atoms with Crippen LogP contribution in [0.1, 0.15) is 16.1 Å². The molecule has 6 heteroatoms. The molecule has 0 aliphatic carbocycles. The van der Waals surface area contributed by atoms with Crippen LogP contribution in [0.3, 0.4) is 0 Å². The lowest BCUT2D eigenvalue weighted by Gasteiger charge is -2.12. The first-order valence-electron chi connectivity index (χ1n) is 7.62. The zero-order valence-corrected chi connectivity index (χ0v) is 13.8. The van der Waals surface area contributed by atoms with Gasteiger partial charge in [-0.2, -0.15) is 0 Å². The number of rotatable bonds is 5. The molecule has 0 fully saturated rings. The number of benzene rings is 2. The van der Waals surface area contributed by atoms with Crippen molar-refractivity contribution in [1.82, 2.24) is 0 Å². The summed E-state index contributed by atoms with van der Waals surface area (Å²) in [5.74, 6) is -0.0626. The maximum atomic E-state index is 12.3. The third-order valence-electron chi connectivity index (χ3n) is 3.77. The highest BCUT2D eigenvalue weighted by molar-refractivity contribution is 6.07. The fourth-order valence-corrected chi connectivity index (χ4v) is 2.53. The predicted octanol–water partition coefficient (Wildman–Crippen LogP) is 4.30. The van der Waals surface area contributed by atoms with Crippen LogP contribution in [0.25, 0.3) is 17.0 Å². The van der Waals surface area contributed by atoms with Gasteiger partial charge in [-0.05, 0) is 29.8 Å². The standard InChI is InChI=1S/C19H16N2O4/c1-20(2)15-9-7-13(11-16(15)21(23)24)8-10-17(22)19-12-14-5-3-4-6-18(14)25-19/h3-12H,1-2H3/b10-8+. The summed E-state index contributed by atoms with van der Waals surface area (Å²) in [5, 5.41) is 12.1. The molecule has 2 aromatic carbocycles. The average molecular weight is 336 g/mol. The van der Waals surface area contributed by atoms with Crippen molar-refractivity contribution in [3.05, 3.63) is 76.0 Å². The number of carbonyl (C=O) groups excluding carboxylic acids is 1. The number of nitro groups is 1. The van der Waals surface area contributed by atoms with Gasteiger partial charge in [0, 0.05) is 25.5 Å². The number of carbonyl (C=O) groups is 1. The van der Waals surface area contributed by atoms with Crippen LogP contribution in [0.2, 0.25) is 0 Å². The molecule has 0 atom stereocenters. The Morgan fingerprint density at radius 1 is 1.16 bits per heavy atom. The highest BCUT2D eigenvalue weighted by atomic mass is 16.6. The smallest absolute Gasteiger partial charge is 0.293 e. The molecule has 1 heterocycles. The second-order valence-corrected chi connectivity index (χ2v) is 5.75. The van der Waals surface area contributed by atoms with Crippen molar-refractivity contribution >= 4 is 34.2 Å². The Morgan fingerprint density at radius 2 is 1.92 bits per heavy atom. The Bertz CT molecular complexity index is 953. The highest BCUT2D eigenvalue weighted by Crippen LogP contribution is 2.28. The van der Waals surface area contributed by atoms with Crippen molar-refractivity contribution in [3.63, 3.8) is 0 Å². The summed E-state index contributed by atoms with van der Waals surface area (Å²) in [6.45, 7) is 0. The van der Waals surface area contributed by atoms with Crippen molar-refractivity contribution < 1.29 is 14.1 Å². The van der Waals surface area contributed by atoms with Gasteiger partial charge in [0.25, 0.3) is 5.69 Å². The Hall–Kier alpha value is -3.41. The van der Waals surface area contributed by atoms with Crippen LogP contribution in [-0.4, -0.2) is 24.8 Å². The number of para-hydroxylation sites is 1. The van der Waals surface area contributed by atoms with Gasteiger partial charge in [-0.3, -0.25) is 14.9 Å². The maximum absolute atomic E-state index is 12.3. The van der Waals surface area contributed by atoms with Gasteiger partial charge in [0.2, 0.25) is 5.78 Å². The van der Waals surface area contributed by atoms with Crippen LogP contribution in [0.15, 0.2) is 59.0 Å². The molecular weight excluding hydrogens is 320 g/mol. The second kappa shape index (κ2) is 6.60. The Kier molecular flexibility index (Phi) is 4.35. The van der Waals surface area contributed by atoms with Gasteiger partial charge < -0.3 is 9.32 Å². The first-order chi connectivity index (χ1) is 12.0. The van der Waals surface area contributed by atoms with Crippen molar-refractivity contribution in [2.24, 2.45) is 0 Å². The van der Waals surface area contributed by atoms with E-state index in [2.05, 4.69) is 0 Å². The van der Waals surface area contributed by atoms with E-state index in [4.69, 9.17) is 4.42 Å². The number of hydrogen-bond donors (Lipinski definition) is 0. The van der Waals surface area contributed by atoms with E-state index in [0.717, 1.165) is 5.39 Å². The van der Waals surface area contributed by atoms with Gasteiger partial charge in [-0.25, -0.2) is 0 Å². The summed E-state index contributed by atoms with van der Waals surface area (Å²) in [6, 6.07) is 13.9. The minimum atomic E-state index is -0.437. The molecule has 6 nitrogen and oxygen atoms in total. The van der Waals surface area contributed by atoms with Gasteiger partial charge in [0.1, 0.15) is 11.3 Å². The molecule has 0 amide bonds. The molecule has 0 aliphatic heterocycles. The lowest BCUT2D eigenvalue weighted by atomic mass is 10.1. The van der Waals surface area contributed by atoms with Crippen LogP contribution in [-0.2, 0) is 0 Å². The van der Waals surface area contributed by atoms with Gasteiger partial charge in [-0.15, -0.1) is 0 Å². The summed E-state index contributed by atoms with van der Waals surface area (Å²) in [5.41, 5.74) is 1.71. The predicted molar refractivity (Wildman–Crippen MR) is 97.0 cm³/mol. The van der Waals surface area contributed by atoms with E-state index in [9.17, 15) is 14.9 Å². The number of ketones is 1. The van der Waals surface area contributed by atoms with E-state index >= 15 is 0 Å². The average Bonchev–Trinajstić information content (AvgIpc) is 3.03. The van der Waals surface area contributed by atoms with Crippen molar-refractivity contribution in [3.8, 4) is 0 Å². The molecular formula is C19H16N2O4. The van der Waals surface area contributed by atoms with E-state index in [-0.39, 0.29) is 17.2 Å². The molecule has 0 bridgehead atoms. The maximum Gasteiger partial charge on any atom is 0.293 e. The highest BCUT2D eigenvalue weighted by Gasteiger charge is 2.15. The Labute approximate surface area is 144 Å². The number of hydrogen-bond acceptors (Lipinski definition) is 5. The largest absolute Gasteiger partial charge is 0.453 e. The molecule has 3 aromatic rings. The molecule has 0 N–H and O–H groups in total. The zero-order valence-electron chi connectivity index (χ0n) is 13.8. The first-order valence-corrected chi connectivity index (χ1v) is 7.62. The summed E-state index contributed by atoms with van der Waals surface area (Å²) >= 11 is 0. The summed E-state index contributed by atoms with van der Waals surface area (Å²) in [6.07, 6.45) is 2.90. The molecule has 3 rings (SSSR count). The third-order valence-corrected chi connectivity index (χ3v) is 3.77. The number of nitrogens with zero attached hydrogens (tertiary/aromatic N) is 2. The lowest BCUT2D eigenvalue weighted by molar-refractivity contribution is -0.384. The van der Waals surface area contributed by atoms with E-state index in [1.165, 1.54) is 12.1 Å². The SMILES string of the molecule is CN(C)c1ccc(/C=C/C(=O)c2cc3ccccc3o2)cc1[N+](=O)[O-]. The second-order valence-electron chi connectivity index (χ2n) is 5.75. The minimum absolute atomic E-state index is 0.0108. The lowest BCUT2D eigenvalue weighted by Crippen LogP contribution is -2.10. The van der Waals surface area contributed by atoms with E-state index in [1.54, 1.807) is 49.3 Å². The van der Waals surface area contributed by atoms with E-state index < -0.39 is 4.92 Å². The molecule has 0 saturated heterocycles. The van der Waals surface area contributed by atoms with Gasteiger partial charge in [0.15, 0.2) is 5.76 Å². The summed E-state index contributed by atoms with van der Waals surface area (Å²) in [7, 11) is 3.48. The first kappa shape index (κ1) is 16.4. The molecule has 25 heavy (non-hydrogen) atoms. The van der Waals surface area contributed by atoms with E-state index in [1.807, 2.05) is 18.2 Å². The fraction of sp³-hybridized carbons (Fsp3) is 0.105. The zero-order chi connectivity index (χ0) is 18.0. The summed E-state index contributed by atoms with van der Waals surface area (Å²) < 4.78 is 5.52. The number of nitro benzene ring substituents is 1. The Balaban J connectivity index is 1.87. The normalized spacial score (nSPS) is 11.1. The number of furan rings is 1. The minimum Gasteiger partial charge on any atom is -0.453 e. The number of anilines is 1. The molecule has 126 valence electrons. The van der Waals surface area contributed by atoms with E-state index in [0.29, 0.717) is 16.8 Å². The van der Waals surface area contributed by atoms with Crippen LogP contribution >= 0.6 is 0 Å². The third kappa shape index (κ3) is 3.42. The summed E-state index contributed by atoms with van der Waals surface area (Å²) in [4.78, 5) is 24.7. The monoisotopic (exact) mass is 336 g/mol. The quantitative estimate of drug-likeness (QED) is 0.300. The van der Waals surface area contributed by atoms with Crippen molar-refractivity contribution in [2.75, 3.05) is 19.0 Å². The molecule has 0 saturated carbocycles. The molecule has 0 spiro atoms. The van der Waals surface area contributed by atoms with Crippen molar-refractivity contribution in [2.45, 2.75) is 0 Å². The number of allylic oxidation sites excluding steroid dienone is 1. The molecule has 0 radical (unpaired) electrons. The molecule has 1 aromatic heterocycles. The van der Waals surface area contributed by atoms with Crippen molar-refractivity contribution in [1.29, 1.82) is 0 Å². The molecule has 0 unspecified atom stereocenters. The number of fused-ring (bicyclic) bond motifs is 1. The van der Waals surface area contributed by atoms with Crippen LogP contribution in [0.5, 0.6) is 0 Å². The van der Waals surface area contributed by atoms with Gasteiger partial charge in [-0.1, -0.05) is 30.3 Å². The molecule has 0 aliphatic rings. The van der Waals surface area contributed by atoms with Crippen LogP contribution in [0, 0.1) is 10.1 Å². The fourth-order valence-electron chi connectivity index (χ4n) is 2.53.